The van der Waals surface area contributed by atoms with Crippen LogP contribution in [-0.4, -0.2) is 44.4 Å². The Morgan fingerprint density at radius 2 is 0.600 bits per heavy atom. The van der Waals surface area contributed by atoms with Gasteiger partial charge in [-0.3, -0.25) is 9.59 Å². The largest absolute Gasteiger partial charge is 0.481 e. The van der Waals surface area contributed by atoms with E-state index in [1.807, 2.05) is 0 Å². The van der Waals surface area contributed by atoms with Crippen LogP contribution < -0.4 is 0 Å². The Labute approximate surface area is 325 Å². The van der Waals surface area contributed by atoms with Crippen LogP contribution in [0.5, 0.6) is 0 Å². The van der Waals surface area contributed by atoms with E-state index in [0.717, 1.165) is 43.6 Å². The third-order valence-electron chi connectivity index (χ3n) is 8.02. The minimum absolute atomic E-state index is 0. The molecule has 0 atom stereocenters. The van der Waals surface area contributed by atoms with E-state index in [1.54, 1.807) is 13.8 Å². The Hall–Kier alpha value is -1.18. The number of aliphatic hydroxyl groups is 1. The van der Waals surface area contributed by atoms with Crippen LogP contribution in [0.2, 0.25) is 0 Å². The van der Waals surface area contributed by atoms with Gasteiger partial charge in [-0.25, -0.2) is 4.79 Å². The summed E-state index contributed by atoms with van der Waals surface area (Å²) in [6.45, 7) is 15.6. The predicted molar refractivity (Wildman–Crippen MR) is 209 cm³/mol. The molecule has 0 saturated carbocycles. The van der Waals surface area contributed by atoms with Gasteiger partial charge < -0.3 is 20.4 Å². The van der Waals surface area contributed by atoms with Crippen molar-refractivity contribution in [1.29, 1.82) is 0 Å². The molecule has 7 nitrogen and oxygen atoms in total. The number of aliphatic hydroxyl groups excluding tert-OH is 1. The van der Waals surface area contributed by atoms with Gasteiger partial charge in [-0.15, -0.1) is 0 Å². The molecule has 50 heavy (non-hydrogen) atoms. The van der Waals surface area contributed by atoms with Crippen molar-refractivity contribution in [2.75, 3.05) is 0 Å². The monoisotopic (exact) mass is 749 g/mol. The molecule has 0 saturated heterocycles. The fraction of sp³-hybridized carbons (Fsp3) is 0.881. The second-order valence-corrected chi connectivity index (χ2v) is 14.8. The maximum Gasteiger partial charge on any atom is 0.327 e. The second kappa shape index (κ2) is 49.9. The van der Waals surface area contributed by atoms with E-state index in [9.17, 15) is 14.4 Å². The number of carboxylic acid groups (broad SMARTS) is 3. The molecule has 0 unspecified atom stereocenters. The van der Waals surface area contributed by atoms with Gasteiger partial charge in [-0.1, -0.05) is 188 Å². The molecule has 0 aliphatic rings. The summed E-state index contributed by atoms with van der Waals surface area (Å²) in [5.41, 5.74) is 0. The third-order valence-corrected chi connectivity index (χ3v) is 8.02. The van der Waals surface area contributed by atoms with Gasteiger partial charge in [0.2, 0.25) is 0 Å². The van der Waals surface area contributed by atoms with Crippen molar-refractivity contribution in [1.82, 2.24) is 0 Å². The molecule has 0 fully saturated rings. The van der Waals surface area contributed by atoms with E-state index in [-0.39, 0.29) is 27.8 Å². The van der Waals surface area contributed by atoms with E-state index >= 15 is 0 Å². The van der Waals surface area contributed by atoms with Crippen LogP contribution in [0, 0.1) is 11.8 Å². The van der Waals surface area contributed by atoms with Crippen molar-refractivity contribution in [2.24, 2.45) is 11.8 Å². The first-order valence-electron chi connectivity index (χ1n) is 20.2. The van der Waals surface area contributed by atoms with Crippen molar-refractivity contribution in [3.05, 3.63) is 12.7 Å². The number of hydrogen-bond acceptors (Lipinski definition) is 4. The van der Waals surface area contributed by atoms with Crippen molar-refractivity contribution >= 4 is 17.9 Å². The molecule has 0 rings (SSSR count). The summed E-state index contributed by atoms with van der Waals surface area (Å²) in [4.78, 5) is 29.9. The molecule has 0 aromatic rings. The Bertz CT molecular complexity index is 647. The second-order valence-electron chi connectivity index (χ2n) is 14.8. The maximum atomic E-state index is 10.3. The van der Waals surface area contributed by atoms with Crippen molar-refractivity contribution in [3.63, 3.8) is 0 Å². The van der Waals surface area contributed by atoms with Gasteiger partial charge in [-0.05, 0) is 38.5 Å². The van der Waals surface area contributed by atoms with Gasteiger partial charge in [0, 0.05) is 46.7 Å². The molecule has 298 valence electrons. The number of carbonyl (C=O) groups is 3. The minimum Gasteiger partial charge on any atom is -0.481 e. The first-order valence-corrected chi connectivity index (χ1v) is 20.2. The first kappa shape index (κ1) is 58.1. The molecule has 0 aromatic carbocycles. The molecule has 4 N–H and O–H groups in total. The minimum atomic E-state index is -0.981. The van der Waals surface area contributed by atoms with Crippen molar-refractivity contribution < 1.29 is 56.5 Å². The van der Waals surface area contributed by atoms with E-state index in [4.69, 9.17) is 20.4 Å². The molecule has 0 spiro atoms. The van der Waals surface area contributed by atoms with E-state index in [2.05, 4.69) is 34.3 Å². The number of carboxylic acids is 3. The summed E-state index contributed by atoms with van der Waals surface area (Å²) in [6, 6.07) is 0. The molecule has 0 aliphatic carbocycles. The predicted octanol–water partition coefficient (Wildman–Crippen LogP) is 13.0. The SMILES string of the molecule is C=CC(=O)O.CC(C)CCCCCCCCCCCCCCC(=O)O.CC(C)CCCCCCCCCCCCCCC(=O)O.CC(C)O.[Ti]. The molecule has 0 aliphatic heterocycles. The Morgan fingerprint density at radius 1 is 0.440 bits per heavy atom. The van der Waals surface area contributed by atoms with Gasteiger partial charge >= 0.3 is 17.9 Å². The zero-order chi connectivity index (χ0) is 38.0. The summed E-state index contributed by atoms with van der Waals surface area (Å²) in [6.07, 6.45) is 35.3. The molecule has 0 bridgehead atoms. The van der Waals surface area contributed by atoms with Gasteiger partial charge in [-0.2, -0.15) is 0 Å². The number of unbranched alkanes of at least 4 members (excludes halogenated alkanes) is 22. The molecule has 0 radical (unpaired) electrons. The molecular weight excluding hydrogens is 664 g/mol. The summed E-state index contributed by atoms with van der Waals surface area (Å²) in [7, 11) is 0. The van der Waals surface area contributed by atoms with Gasteiger partial charge in [0.1, 0.15) is 0 Å². The number of hydrogen-bond donors (Lipinski definition) is 4. The Balaban J connectivity index is -0.000000213. The Morgan fingerprint density at radius 3 is 0.740 bits per heavy atom. The van der Waals surface area contributed by atoms with Crippen LogP contribution >= 0.6 is 0 Å². The summed E-state index contributed by atoms with van der Waals surface area (Å²) >= 11 is 0. The zero-order valence-electron chi connectivity index (χ0n) is 33.8. The van der Waals surface area contributed by atoms with Crippen LogP contribution in [0.4, 0.5) is 0 Å². The maximum absolute atomic E-state index is 10.3. The van der Waals surface area contributed by atoms with Crippen LogP contribution in [0.3, 0.4) is 0 Å². The standard InChI is InChI=1S/2C18H36O2.C3H4O2.C3H8O.Ti/c2*1-17(2)15-13-11-9-7-5-3-4-6-8-10-12-14-16-18(19)20;1-2-3(4)5;1-3(2)4;/h2*17H,3-16H2,1-2H3,(H,19,20);2H,1H2,(H,4,5);3-4H,1-2H3;. The summed E-state index contributed by atoms with van der Waals surface area (Å²) in [5, 5.41) is 32.7. The topological polar surface area (TPSA) is 132 Å². The van der Waals surface area contributed by atoms with E-state index in [0.29, 0.717) is 12.8 Å². The van der Waals surface area contributed by atoms with Crippen LogP contribution in [0.1, 0.15) is 221 Å². The van der Waals surface area contributed by atoms with E-state index in [1.165, 1.54) is 141 Å². The molecule has 0 aromatic heterocycles. The number of rotatable bonds is 31. The number of aliphatic carboxylic acids is 3. The van der Waals surface area contributed by atoms with E-state index < -0.39 is 17.9 Å². The normalized spacial score (nSPS) is 10.3. The van der Waals surface area contributed by atoms with Crippen LogP contribution in [-0.2, 0) is 36.1 Å². The third kappa shape index (κ3) is 81.1. The molecular formula is C42H84O7Ti. The van der Waals surface area contributed by atoms with Crippen molar-refractivity contribution in [3.8, 4) is 0 Å². The summed E-state index contributed by atoms with van der Waals surface area (Å²) in [5.74, 6) is -0.558. The average molecular weight is 749 g/mol. The zero-order valence-corrected chi connectivity index (χ0v) is 35.4. The fourth-order valence-corrected chi connectivity index (χ4v) is 5.19. The van der Waals surface area contributed by atoms with Gasteiger partial charge in [0.05, 0.1) is 0 Å². The quantitative estimate of drug-likeness (QED) is 0.0315. The summed E-state index contributed by atoms with van der Waals surface area (Å²) < 4.78 is 0. The van der Waals surface area contributed by atoms with Crippen LogP contribution in [0.15, 0.2) is 12.7 Å². The fourth-order valence-electron chi connectivity index (χ4n) is 5.19. The smallest absolute Gasteiger partial charge is 0.327 e. The first-order chi connectivity index (χ1) is 23.3. The molecule has 8 heteroatoms. The molecule has 0 heterocycles. The van der Waals surface area contributed by atoms with Crippen LogP contribution in [0.25, 0.3) is 0 Å². The van der Waals surface area contributed by atoms with Gasteiger partial charge in [0.25, 0.3) is 0 Å². The van der Waals surface area contributed by atoms with Gasteiger partial charge in [0.15, 0.2) is 0 Å². The molecule has 0 amide bonds. The average Bonchev–Trinajstić information content (AvgIpc) is 3.01. The van der Waals surface area contributed by atoms with Crippen molar-refractivity contribution in [2.45, 2.75) is 227 Å². The Kier molecular flexibility index (Phi) is 58.1.